The lowest BCUT2D eigenvalue weighted by Gasteiger charge is -2.02. The highest BCUT2D eigenvalue weighted by atomic mass is 35.5. The molecule has 0 unspecified atom stereocenters. The average molecular weight is 206 g/mol. The number of benzene rings is 1. The molecule has 1 aromatic rings. The third kappa shape index (κ3) is 2.29. The van der Waals surface area contributed by atoms with Gasteiger partial charge < -0.3 is 4.84 Å². The molecule has 0 bridgehead atoms. The molecule has 1 rings (SSSR count). The smallest absolute Gasteiger partial charge is 0.239 e. The van der Waals surface area contributed by atoms with Crippen molar-refractivity contribution in [3.63, 3.8) is 0 Å². The Hall–Kier alpha value is -0.930. The summed E-state index contributed by atoms with van der Waals surface area (Å²) in [6.45, 7) is 0. The summed E-state index contributed by atoms with van der Waals surface area (Å²) in [5.41, 5.74) is 2.03. The lowest BCUT2D eigenvalue weighted by Crippen LogP contribution is -2.15. The Morgan fingerprint density at radius 1 is 1.33 bits per heavy atom. The van der Waals surface area contributed by atoms with Gasteiger partial charge in [0.25, 0.3) is 0 Å². The van der Waals surface area contributed by atoms with Crippen molar-refractivity contribution >= 4 is 29.6 Å². The Labute approximate surface area is 79.2 Å². The first-order chi connectivity index (χ1) is 5.74. The van der Waals surface area contributed by atoms with E-state index in [-0.39, 0.29) is 0 Å². The number of carbonyl (C=O) groups excluding carboxylic acids is 1. The van der Waals surface area contributed by atoms with E-state index < -0.39 is 0 Å². The first-order valence-corrected chi connectivity index (χ1v) is 3.80. The number of carbonyl (C=O) groups is 1. The van der Waals surface area contributed by atoms with E-state index in [1.807, 2.05) is 5.48 Å². The average Bonchev–Trinajstić information content (AvgIpc) is 2.07. The molecule has 0 aromatic heterocycles. The first kappa shape index (κ1) is 9.16. The first-order valence-electron chi connectivity index (χ1n) is 3.05. The van der Waals surface area contributed by atoms with Crippen molar-refractivity contribution in [3.05, 3.63) is 28.2 Å². The summed E-state index contributed by atoms with van der Waals surface area (Å²) in [5, 5.41) is 0.817. The fourth-order valence-electron chi connectivity index (χ4n) is 0.632. The molecule has 0 heterocycles. The van der Waals surface area contributed by atoms with Gasteiger partial charge in [-0.15, -0.1) is 0 Å². The van der Waals surface area contributed by atoms with Gasteiger partial charge in [0.1, 0.15) is 0 Å². The normalized spacial score (nSPS) is 9.17. The molecular formula is C7H5Cl2NO2. The molecule has 0 aliphatic rings. The standard InChI is InChI=1S/C7H5Cl2NO2/c8-6-2-1-5(3-7(6)9)12-10-4-11/h1-4H,(H,10,11). The van der Waals surface area contributed by atoms with Crippen LogP contribution in [0, 0.1) is 0 Å². The minimum atomic E-state index is 0.377. The number of hydrogen-bond donors (Lipinski definition) is 1. The molecule has 0 saturated carbocycles. The summed E-state index contributed by atoms with van der Waals surface area (Å²) in [6, 6.07) is 4.66. The Morgan fingerprint density at radius 2 is 2.08 bits per heavy atom. The molecule has 0 atom stereocenters. The molecule has 0 aliphatic heterocycles. The van der Waals surface area contributed by atoms with Crippen molar-refractivity contribution in [1.29, 1.82) is 0 Å². The molecule has 1 amide bonds. The highest BCUT2D eigenvalue weighted by Gasteiger charge is 1.99. The second-order valence-electron chi connectivity index (χ2n) is 1.91. The molecule has 5 heteroatoms. The Balaban J connectivity index is 2.75. The maximum atomic E-state index is 9.83. The van der Waals surface area contributed by atoms with Gasteiger partial charge in [0.15, 0.2) is 5.75 Å². The summed E-state index contributed by atoms with van der Waals surface area (Å²) < 4.78 is 0. The van der Waals surface area contributed by atoms with Crippen LogP contribution in [0.5, 0.6) is 5.75 Å². The molecule has 12 heavy (non-hydrogen) atoms. The quantitative estimate of drug-likeness (QED) is 0.606. The van der Waals surface area contributed by atoms with Gasteiger partial charge in [-0.3, -0.25) is 4.79 Å². The van der Waals surface area contributed by atoms with E-state index in [0.29, 0.717) is 22.2 Å². The summed E-state index contributed by atoms with van der Waals surface area (Å²) in [7, 11) is 0. The van der Waals surface area contributed by atoms with Crippen molar-refractivity contribution in [2.45, 2.75) is 0 Å². The highest BCUT2D eigenvalue weighted by Crippen LogP contribution is 2.25. The lowest BCUT2D eigenvalue weighted by atomic mass is 10.3. The number of amides is 1. The highest BCUT2D eigenvalue weighted by molar-refractivity contribution is 6.42. The van der Waals surface area contributed by atoms with Crippen LogP contribution in [-0.4, -0.2) is 6.41 Å². The van der Waals surface area contributed by atoms with Crippen LogP contribution >= 0.6 is 23.2 Å². The van der Waals surface area contributed by atoms with Gasteiger partial charge in [-0.2, -0.15) is 5.48 Å². The van der Waals surface area contributed by atoms with Crippen LogP contribution in [0.25, 0.3) is 0 Å². The van der Waals surface area contributed by atoms with Crippen LogP contribution in [0.15, 0.2) is 18.2 Å². The van der Waals surface area contributed by atoms with E-state index in [4.69, 9.17) is 28.0 Å². The zero-order chi connectivity index (χ0) is 8.97. The van der Waals surface area contributed by atoms with Gasteiger partial charge in [-0.05, 0) is 12.1 Å². The zero-order valence-corrected chi connectivity index (χ0v) is 7.39. The molecular weight excluding hydrogens is 201 g/mol. The maximum absolute atomic E-state index is 9.83. The van der Waals surface area contributed by atoms with Gasteiger partial charge in [-0.25, -0.2) is 0 Å². The number of nitrogens with one attached hydrogen (secondary N) is 1. The van der Waals surface area contributed by atoms with Crippen LogP contribution in [0.1, 0.15) is 0 Å². The largest absolute Gasteiger partial charge is 0.380 e. The van der Waals surface area contributed by atoms with Gasteiger partial charge in [-0.1, -0.05) is 23.2 Å². The van der Waals surface area contributed by atoms with Crippen molar-refractivity contribution in [1.82, 2.24) is 5.48 Å². The Kier molecular flexibility index (Phi) is 3.19. The van der Waals surface area contributed by atoms with Crippen molar-refractivity contribution in [3.8, 4) is 5.75 Å². The zero-order valence-electron chi connectivity index (χ0n) is 5.88. The minimum absolute atomic E-state index is 0.377. The fraction of sp³-hybridized carbons (Fsp3) is 0. The monoisotopic (exact) mass is 205 g/mol. The Morgan fingerprint density at radius 3 is 2.67 bits per heavy atom. The van der Waals surface area contributed by atoms with Gasteiger partial charge >= 0.3 is 0 Å². The van der Waals surface area contributed by atoms with E-state index in [9.17, 15) is 4.79 Å². The molecule has 64 valence electrons. The molecule has 0 radical (unpaired) electrons. The summed E-state index contributed by atoms with van der Waals surface area (Å²) in [6.07, 6.45) is 0.419. The molecule has 0 fully saturated rings. The maximum Gasteiger partial charge on any atom is 0.239 e. The van der Waals surface area contributed by atoms with Crippen LogP contribution in [0.3, 0.4) is 0 Å². The second-order valence-corrected chi connectivity index (χ2v) is 2.73. The molecule has 0 saturated heterocycles. The molecule has 3 nitrogen and oxygen atoms in total. The van der Waals surface area contributed by atoms with E-state index in [0.717, 1.165) is 0 Å². The van der Waals surface area contributed by atoms with E-state index in [1.165, 1.54) is 6.07 Å². The SMILES string of the molecule is O=CNOc1ccc(Cl)c(Cl)c1. The molecule has 0 aliphatic carbocycles. The van der Waals surface area contributed by atoms with E-state index >= 15 is 0 Å². The third-order valence-corrected chi connectivity index (χ3v) is 1.85. The lowest BCUT2D eigenvalue weighted by molar-refractivity contribution is -0.115. The topological polar surface area (TPSA) is 38.3 Å². The summed E-state index contributed by atoms with van der Waals surface area (Å²) in [5.74, 6) is 0.427. The number of hydroxylamine groups is 1. The van der Waals surface area contributed by atoms with Crippen LogP contribution in [-0.2, 0) is 4.79 Å². The van der Waals surface area contributed by atoms with Crippen molar-refractivity contribution in [2.24, 2.45) is 0 Å². The summed E-state index contributed by atoms with van der Waals surface area (Å²) in [4.78, 5) is 14.6. The van der Waals surface area contributed by atoms with E-state index in [2.05, 4.69) is 0 Å². The molecule has 0 spiro atoms. The van der Waals surface area contributed by atoms with Crippen molar-refractivity contribution < 1.29 is 9.63 Å². The van der Waals surface area contributed by atoms with Crippen molar-refractivity contribution in [2.75, 3.05) is 0 Å². The molecule has 1 N–H and O–H groups in total. The predicted molar refractivity (Wildman–Crippen MR) is 46.3 cm³/mol. The number of rotatable bonds is 3. The van der Waals surface area contributed by atoms with Crippen LogP contribution in [0.2, 0.25) is 10.0 Å². The fourth-order valence-corrected chi connectivity index (χ4v) is 0.921. The summed E-state index contributed by atoms with van der Waals surface area (Å²) >= 11 is 11.3. The van der Waals surface area contributed by atoms with Crippen LogP contribution < -0.4 is 10.3 Å². The van der Waals surface area contributed by atoms with Crippen LogP contribution in [0.4, 0.5) is 0 Å². The number of halogens is 2. The Bertz CT molecular complexity index is 291. The van der Waals surface area contributed by atoms with E-state index in [1.54, 1.807) is 12.1 Å². The second kappa shape index (κ2) is 4.18. The predicted octanol–water partition coefficient (Wildman–Crippen LogP) is 2.03. The van der Waals surface area contributed by atoms with Gasteiger partial charge in [0.2, 0.25) is 6.41 Å². The van der Waals surface area contributed by atoms with Gasteiger partial charge in [0.05, 0.1) is 10.0 Å². The number of hydrogen-bond acceptors (Lipinski definition) is 2. The molecule has 1 aromatic carbocycles. The third-order valence-electron chi connectivity index (χ3n) is 1.12. The minimum Gasteiger partial charge on any atom is -0.380 e. The van der Waals surface area contributed by atoms with Gasteiger partial charge in [0, 0.05) is 6.07 Å².